The fourth-order valence-corrected chi connectivity index (χ4v) is 16.6. The van der Waals surface area contributed by atoms with Crippen molar-refractivity contribution in [3.63, 3.8) is 0 Å². The van der Waals surface area contributed by atoms with Crippen LogP contribution in [0.1, 0.15) is 99.3 Å². The number of anilines is 2. The molecular weight excluding hydrogens is 1900 g/mol. The van der Waals surface area contributed by atoms with Crippen LogP contribution in [0.5, 0.6) is 0 Å². The Bertz CT molecular complexity index is 6490. The normalized spacial score (nSPS) is 16.9. The number of piperazine rings is 3. The minimum atomic E-state index is -0.396. The number of piperidine rings is 2. The summed E-state index contributed by atoms with van der Waals surface area (Å²) in [6.45, 7) is 30.1. The molecule has 6 N–H and O–H groups in total. The fourth-order valence-electron chi connectivity index (χ4n) is 15.1. The number of nitrogens with zero attached hydrogens (tertiary/aromatic N) is 18. The number of nitrogens with one attached hydrogen (secondary N) is 2. The van der Waals surface area contributed by atoms with E-state index in [4.69, 9.17) is 34.5 Å². The van der Waals surface area contributed by atoms with Crippen molar-refractivity contribution in [3.8, 4) is 11.1 Å². The van der Waals surface area contributed by atoms with Gasteiger partial charge in [-0.05, 0) is 221 Å². The molecule has 0 radical (unpaired) electrons. The van der Waals surface area contributed by atoms with E-state index >= 15 is 0 Å². The van der Waals surface area contributed by atoms with Crippen LogP contribution in [0.15, 0.2) is 210 Å². The van der Waals surface area contributed by atoms with Crippen molar-refractivity contribution in [3.05, 3.63) is 234 Å². The minimum absolute atomic E-state index is 0.00384. The van der Waals surface area contributed by atoms with Gasteiger partial charge in [-0.3, -0.25) is 24.0 Å². The maximum absolute atomic E-state index is 13.1. The Hall–Kier alpha value is -11.0. The second-order valence-corrected chi connectivity index (χ2v) is 37.8. The predicted molar refractivity (Wildman–Crippen MR) is 516 cm³/mol. The van der Waals surface area contributed by atoms with Crippen molar-refractivity contribution in [2.45, 2.75) is 111 Å². The zero-order chi connectivity index (χ0) is 90.9. The molecule has 14 aromatic rings. The number of amides is 1. The number of aromatic amines is 1. The number of nitrogens with two attached hydrogens (primary N) is 2. The molecule has 13 heterocycles. The third kappa shape index (κ3) is 22.8. The van der Waals surface area contributed by atoms with Crippen molar-refractivity contribution in [2.24, 2.45) is 5.92 Å². The van der Waals surface area contributed by atoms with Crippen molar-refractivity contribution < 1.29 is 27.8 Å². The van der Waals surface area contributed by atoms with E-state index in [0.717, 1.165) is 187 Å². The van der Waals surface area contributed by atoms with Crippen LogP contribution in [0.2, 0.25) is 0 Å². The molecule has 6 saturated heterocycles. The third-order valence-corrected chi connectivity index (χ3v) is 25.2. The van der Waals surface area contributed by atoms with Crippen LogP contribution >= 0.6 is 63.7 Å². The summed E-state index contributed by atoms with van der Waals surface area (Å²) in [7, 11) is 4.18. The van der Waals surface area contributed by atoms with Gasteiger partial charge in [0.15, 0.2) is 17.5 Å². The van der Waals surface area contributed by atoms with Gasteiger partial charge in [0.1, 0.15) is 41.9 Å². The van der Waals surface area contributed by atoms with Gasteiger partial charge in [0.05, 0.1) is 72.0 Å². The number of hydrogen-bond acceptors (Lipinski definition) is 27. The number of nitrogen functional groups attached to an aromatic ring is 2. The zero-order valence-corrected chi connectivity index (χ0v) is 79.6. The van der Waals surface area contributed by atoms with Crippen LogP contribution in [-0.4, -0.2) is 215 Å². The van der Waals surface area contributed by atoms with Gasteiger partial charge in [0.2, 0.25) is 0 Å². The number of carbonyl (C=O) groups excluding carboxylic acids is 1. The number of rotatable bonds is 6. The number of aromatic nitrogens is 12. The number of likely N-dealkylation sites (N-methyl/N-ethyl adjacent to an activating group) is 2. The van der Waals surface area contributed by atoms with Crippen molar-refractivity contribution in [2.75, 3.05) is 150 Å². The summed E-state index contributed by atoms with van der Waals surface area (Å²) in [4.78, 5) is 112. The molecule has 674 valence electrons. The lowest BCUT2D eigenvalue weighted by atomic mass is 9.90. The predicted octanol–water partition coefficient (Wildman–Crippen LogP) is 13.0. The summed E-state index contributed by atoms with van der Waals surface area (Å²) in [5.74, 6) is 0.744. The van der Waals surface area contributed by atoms with Gasteiger partial charge in [-0.25, -0.2) is 48.4 Å². The highest BCUT2D eigenvalue weighted by Gasteiger charge is 2.49. The van der Waals surface area contributed by atoms with Gasteiger partial charge >= 0.3 is 6.09 Å². The number of carbonyl (C=O) groups is 1. The summed E-state index contributed by atoms with van der Waals surface area (Å²) >= 11 is 13.5. The van der Waals surface area contributed by atoms with Crippen LogP contribution in [0.4, 0.5) is 16.8 Å². The number of benzene rings is 7. The number of halogens is 4. The average Bonchev–Trinajstić information content (AvgIpc) is 1.66. The Morgan fingerprint density at radius 3 is 1.27 bits per heavy atom. The summed E-state index contributed by atoms with van der Waals surface area (Å²) in [5, 5.41) is 14.6. The van der Waals surface area contributed by atoms with Gasteiger partial charge in [-0.2, -0.15) is 9.97 Å². The van der Waals surface area contributed by atoms with Crippen LogP contribution in [0.25, 0.3) is 87.8 Å². The Morgan fingerprint density at radius 1 is 0.445 bits per heavy atom. The van der Waals surface area contributed by atoms with E-state index in [1.165, 1.54) is 12.7 Å². The summed E-state index contributed by atoms with van der Waals surface area (Å²) in [6, 6.07) is 39.5. The van der Waals surface area contributed by atoms with E-state index in [1.807, 2.05) is 179 Å². The van der Waals surface area contributed by atoms with Crippen molar-refractivity contribution >= 4 is 159 Å². The SMILES string of the molecule is CC1(C)OC(c2ccc3oc(N)nc3c2)OC1(C)C.CC1CCN(C(=O)OC(C)(C)C)CC1.CN1CCN(n2cnc3ccc(-c4ccc5oc(N)nc5c4)cc3c2=O)CC1.CN1CCN(n2cnc3ccc(Br)cc3c2=O)CC1.O=c1[nH]cnc2ccc(Br)cc12.O=c1c2cc(Br)ccc2ncn1N1CCCCC1.O=c1c2cc(Br)ccc2ncn1N1CCNCC1. The average molecular weight is 2000 g/mol. The van der Waals surface area contributed by atoms with Gasteiger partial charge < -0.3 is 79.5 Å². The largest absolute Gasteiger partial charge is 0.444 e. The van der Waals surface area contributed by atoms with Crippen LogP contribution < -0.4 is 64.6 Å². The van der Waals surface area contributed by atoms with E-state index < -0.39 is 6.29 Å². The summed E-state index contributed by atoms with van der Waals surface area (Å²) < 4.78 is 38.0. The molecule has 0 unspecified atom stereocenters. The summed E-state index contributed by atoms with van der Waals surface area (Å²) in [6.07, 6.45) is 13.1. The number of oxazole rings is 2. The van der Waals surface area contributed by atoms with Crippen LogP contribution in [0, 0.1) is 5.92 Å². The topological polar surface area (TPSA) is 369 Å². The van der Waals surface area contributed by atoms with Gasteiger partial charge in [-0.1, -0.05) is 88.8 Å². The van der Waals surface area contributed by atoms with Crippen molar-refractivity contribution in [1.29, 1.82) is 0 Å². The first-order valence-corrected chi connectivity index (χ1v) is 45.8. The first-order valence-electron chi connectivity index (χ1n) is 42.6. The molecule has 0 bridgehead atoms. The molecule has 7 aromatic heterocycles. The standard InChI is InChI=1S/C20H20N6O2.C14H18N2O3.C13H15BrN4O.C13H14BrN3O.C12H13BrN4O.C11H21NO2.C8H5BrN2O/c1-24-6-8-25(9-7-24)26-12-22-16-4-2-13(10-15(16)19(26)27)14-3-5-18-17(11-14)23-20(21)28-18;1-13(2)14(3,4)19-11(18-13)8-5-6-10-9(7-8)16-12(15)17-10;1-16-4-6-17(7-5-16)18-9-15-12-3-2-10(14)8-11(12)13(18)19;14-10-4-5-12-11(8-10)13(18)17(9-15-12)16-6-2-1-3-7-16;13-9-1-2-11-10(7-9)12(18)17(8-15-11)16-5-3-14-4-6-16;1-9-5-7-12(8-6-9)10(13)14-11(2,3)4;9-5-1-2-7-6(3-5)8(12)11-4-10-7/h2-5,10-12H,6-9H2,1H3,(H2,21,23);5-7,11H,1-4H3,(H2,15,16);2-3,8-9H,4-7H2,1H3;4-5,8-9H,1-3,6-7H2;1-2,7-8,14H,3-6H2;9H,5-8H2,1-4H3;1-4H,(H,10,11,12). The van der Waals surface area contributed by atoms with Crippen LogP contribution in [0.3, 0.4) is 0 Å². The lowest BCUT2D eigenvalue weighted by Gasteiger charge is -2.34. The molecule has 6 aliphatic heterocycles. The smallest absolute Gasteiger partial charge is 0.410 e. The molecule has 0 atom stereocenters. The number of H-pyrrole nitrogens is 1. The second-order valence-electron chi connectivity index (χ2n) is 34.2. The molecule has 0 saturated carbocycles. The van der Waals surface area contributed by atoms with E-state index in [0.29, 0.717) is 60.2 Å². The lowest BCUT2D eigenvalue weighted by Crippen LogP contribution is -2.53. The Kier molecular flexibility index (Phi) is 29.6. The monoisotopic (exact) mass is 2000 g/mol. The Labute approximate surface area is 771 Å². The molecule has 6 fully saturated rings. The number of hydrogen-bond donors (Lipinski definition) is 4. The van der Waals surface area contributed by atoms with E-state index in [9.17, 15) is 28.8 Å². The molecule has 37 heteroatoms. The second kappa shape index (κ2) is 40.7. The lowest BCUT2D eigenvalue weighted by molar-refractivity contribution is -0.0895. The molecule has 1 amide bonds. The first kappa shape index (κ1) is 93.1. The zero-order valence-electron chi connectivity index (χ0n) is 73.2. The number of ether oxygens (including phenoxy) is 3. The molecule has 33 nitrogen and oxygen atoms in total. The van der Waals surface area contributed by atoms with Gasteiger partial charge in [0.25, 0.3) is 39.8 Å². The van der Waals surface area contributed by atoms with Crippen LogP contribution in [-0.2, 0) is 14.2 Å². The fraction of sp³-hybridized carbons (Fsp3) is 0.396. The molecule has 0 aliphatic carbocycles. The third-order valence-electron chi connectivity index (χ3n) is 23.2. The maximum atomic E-state index is 13.1. The van der Waals surface area contributed by atoms with E-state index in [2.05, 4.69) is 150 Å². The highest BCUT2D eigenvalue weighted by molar-refractivity contribution is 9.11. The highest BCUT2D eigenvalue weighted by Crippen LogP contribution is 2.45. The summed E-state index contributed by atoms with van der Waals surface area (Å²) in [5.41, 5.74) is 19.0. The molecular formula is C91H106Br4N22O11. The van der Waals surface area contributed by atoms with Crippen molar-refractivity contribution in [1.82, 2.24) is 78.6 Å². The van der Waals surface area contributed by atoms with E-state index in [-0.39, 0.29) is 62.7 Å². The maximum Gasteiger partial charge on any atom is 0.410 e. The van der Waals surface area contributed by atoms with Gasteiger partial charge in [0, 0.05) is 128 Å². The number of likely N-dealkylation sites (tertiary alicyclic amines) is 1. The Balaban J connectivity index is 0.000000123. The van der Waals surface area contributed by atoms with E-state index in [1.54, 1.807) is 56.1 Å². The Morgan fingerprint density at radius 2 is 0.820 bits per heavy atom. The number of fused-ring (bicyclic) bond motifs is 7. The quantitative estimate of drug-likeness (QED) is 0.120. The highest BCUT2D eigenvalue weighted by atomic mass is 79.9. The molecule has 128 heavy (non-hydrogen) atoms. The first-order chi connectivity index (χ1) is 61.2. The minimum Gasteiger partial charge on any atom is -0.444 e. The van der Waals surface area contributed by atoms with Gasteiger partial charge in [-0.15, -0.1) is 0 Å². The molecule has 7 aromatic carbocycles. The molecule has 20 rings (SSSR count). The molecule has 0 spiro atoms. The molecule has 6 aliphatic rings.